The van der Waals surface area contributed by atoms with Gasteiger partial charge in [-0.1, -0.05) is 12.1 Å². The number of nitrogens with two attached hydrogens (primary N) is 1. The summed E-state index contributed by atoms with van der Waals surface area (Å²) in [6.07, 6.45) is 0. The van der Waals surface area contributed by atoms with Crippen LogP contribution in [0.1, 0.15) is 24.1 Å². The Kier molecular flexibility index (Phi) is 4.29. The Balaban J connectivity index is 2.23. The highest BCUT2D eigenvalue weighted by molar-refractivity contribution is 7.89. The van der Waals surface area contributed by atoms with Crippen LogP contribution in [0, 0.1) is 12.7 Å². The predicted octanol–water partition coefficient (Wildman–Crippen LogP) is 2.76. The highest BCUT2D eigenvalue weighted by Crippen LogP contribution is 2.19. The minimum absolute atomic E-state index is 0.121. The number of aryl methyl sites for hydroxylation is 1. The van der Waals surface area contributed by atoms with E-state index < -0.39 is 16.1 Å². The van der Waals surface area contributed by atoms with Crippen molar-refractivity contribution >= 4 is 15.7 Å². The van der Waals surface area contributed by atoms with Crippen LogP contribution >= 0.6 is 0 Å². The van der Waals surface area contributed by atoms with Crippen LogP contribution < -0.4 is 10.5 Å². The van der Waals surface area contributed by atoms with Crippen molar-refractivity contribution < 1.29 is 12.8 Å². The summed E-state index contributed by atoms with van der Waals surface area (Å²) in [5.41, 5.74) is 7.11. The molecular weight excluding hydrogens is 291 g/mol. The molecule has 0 heterocycles. The van der Waals surface area contributed by atoms with E-state index >= 15 is 0 Å². The van der Waals surface area contributed by atoms with Crippen molar-refractivity contribution in [1.82, 2.24) is 4.72 Å². The maximum atomic E-state index is 13.5. The predicted molar refractivity (Wildman–Crippen MR) is 80.7 cm³/mol. The lowest BCUT2D eigenvalue weighted by atomic mass is 10.1. The number of hydrogen-bond donors (Lipinski definition) is 2. The second-order valence-electron chi connectivity index (χ2n) is 4.92. The quantitative estimate of drug-likeness (QED) is 0.853. The molecule has 6 heteroatoms. The van der Waals surface area contributed by atoms with Gasteiger partial charge in [0.1, 0.15) is 5.82 Å². The van der Waals surface area contributed by atoms with Gasteiger partial charge >= 0.3 is 0 Å². The summed E-state index contributed by atoms with van der Waals surface area (Å²) in [5.74, 6) is -0.356. The molecule has 2 aromatic rings. The third kappa shape index (κ3) is 3.59. The smallest absolute Gasteiger partial charge is 0.241 e. The number of nitrogen functional groups attached to an aromatic ring is 1. The summed E-state index contributed by atoms with van der Waals surface area (Å²) in [7, 11) is -3.68. The van der Waals surface area contributed by atoms with Crippen molar-refractivity contribution in [3.63, 3.8) is 0 Å². The molecule has 21 heavy (non-hydrogen) atoms. The zero-order valence-electron chi connectivity index (χ0n) is 11.8. The molecule has 0 aliphatic rings. The lowest BCUT2D eigenvalue weighted by molar-refractivity contribution is 0.564. The van der Waals surface area contributed by atoms with Crippen molar-refractivity contribution in [2.24, 2.45) is 0 Å². The minimum Gasteiger partial charge on any atom is -0.399 e. The lowest BCUT2D eigenvalue weighted by Gasteiger charge is -2.15. The molecule has 0 aliphatic heterocycles. The minimum atomic E-state index is -3.68. The number of nitrogens with one attached hydrogen (secondary N) is 1. The molecule has 4 nitrogen and oxygen atoms in total. The standard InChI is InChI=1S/C15H17FN2O2S/c1-10-3-4-12(9-15(10)16)11(2)18-21(19,20)14-7-5-13(17)6-8-14/h3-9,11,18H,17H2,1-2H3. The molecule has 1 unspecified atom stereocenters. The van der Waals surface area contributed by atoms with Crippen LogP contribution in [0.25, 0.3) is 0 Å². The molecule has 3 N–H and O–H groups in total. The van der Waals surface area contributed by atoms with Gasteiger partial charge in [-0.05, 0) is 55.3 Å². The Morgan fingerprint density at radius 3 is 2.33 bits per heavy atom. The molecule has 0 radical (unpaired) electrons. The normalized spacial score (nSPS) is 13.1. The van der Waals surface area contributed by atoms with E-state index in [0.717, 1.165) is 0 Å². The summed E-state index contributed by atoms with van der Waals surface area (Å²) in [4.78, 5) is 0.121. The molecule has 0 saturated heterocycles. The Bertz CT molecular complexity index is 743. The van der Waals surface area contributed by atoms with Crippen molar-refractivity contribution in [1.29, 1.82) is 0 Å². The third-order valence-electron chi connectivity index (χ3n) is 3.22. The molecule has 0 spiro atoms. The molecule has 0 saturated carbocycles. The number of halogens is 1. The van der Waals surface area contributed by atoms with Crippen LogP contribution in [0.4, 0.5) is 10.1 Å². The van der Waals surface area contributed by atoms with E-state index in [9.17, 15) is 12.8 Å². The van der Waals surface area contributed by atoms with Crippen LogP contribution in [-0.4, -0.2) is 8.42 Å². The average Bonchev–Trinajstić information content (AvgIpc) is 2.41. The van der Waals surface area contributed by atoms with Gasteiger partial charge < -0.3 is 5.73 Å². The number of rotatable bonds is 4. The summed E-state index contributed by atoms with van der Waals surface area (Å²) in [6.45, 7) is 3.32. The van der Waals surface area contributed by atoms with Gasteiger partial charge in [0, 0.05) is 11.7 Å². The molecule has 2 rings (SSSR count). The maximum Gasteiger partial charge on any atom is 0.241 e. The largest absolute Gasteiger partial charge is 0.399 e. The zero-order chi connectivity index (χ0) is 15.6. The molecule has 0 amide bonds. The SMILES string of the molecule is Cc1ccc(C(C)NS(=O)(=O)c2ccc(N)cc2)cc1F. The lowest BCUT2D eigenvalue weighted by Crippen LogP contribution is -2.27. The van der Waals surface area contributed by atoms with E-state index in [1.807, 2.05) is 0 Å². The van der Waals surface area contributed by atoms with Crippen molar-refractivity contribution in [2.75, 3.05) is 5.73 Å². The summed E-state index contributed by atoms with van der Waals surface area (Å²) in [5, 5.41) is 0. The van der Waals surface area contributed by atoms with Crippen molar-refractivity contribution in [3.8, 4) is 0 Å². The Morgan fingerprint density at radius 2 is 1.76 bits per heavy atom. The van der Waals surface area contributed by atoms with Gasteiger partial charge in [0.15, 0.2) is 0 Å². The molecule has 0 fully saturated rings. The monoisotopic (exact) mass is 308 g/mol. The first-order valence-electron chi connectivity index (χ1n) is 6.43. The maximum absolute atomic E-state index is 13.5. The number of sulfonamides is 1. The van der Waals surface area contributed by atoms with Gasteiger partial charge in [-0.2, -0.15) is 0 Å². The fourth-order valence-electron chi connectivity index (χ4n) is 1.89. The van der Waals surface area contributed by atoms with Crippen LogP contribution in [0.3, 0.4) is 0 Å². The fourth-order valence-corrected chi connectivity index (χ4v) is 3.13. The molecule has 1 atom stereocenters. The highest BCUT2D eigenvalue weighted by atomic mass is 32.2. The van der Waals surface area contributed by atoms with E-state index in [-0.39, 0.29) is 10.7 Å². The fraction of sp³-hybridized carbons (Fsp3) is 0.200. The molecule has 0 aromatic heterocycles. The van der Waals surface area contributed by atoms with Gasteiger partial charge in [-0.3, -0.25) is 0 Å². The van der Waals surface area contributed by atoms with Crippen LogP contribution in [0.15, 0.2) is 47.4 Å². The number of benzene rings is 2. The summed E-state index contributed by atoms with van der Waals surface area (Å²) < 4.78 is 40.5. The van der Waals surface area contributed by atoms with E-state index in [2.05, 4.69) is 4.72 Å². The molecule has 0 bridgehead atoms. The van der Waals surface area contributed by atoms with E-state index in [0.29, 0.717) is 16.8 Å². The average molecular weight is 308 g/mol. The summed E-state index contributed by atoms with van der Waals surface area (Å²) >= 11 is 0. The first-order valence-corrected chi connectivity index (χ1v) is 7.92. The van der Waals surface area contributed by atoms with Crippen LogP contribution in [0.5, 0.6) is 0 Å². The highest BCUT2D eigenvalue weighted by Gasteiger charge is 2.18. The first-order chi connectivity index (χ1) is 9.79. The van der Waals surface area contributed by atoms with Crippen molar-refractivity contribution in [2.45, 2.75) is 24.8 Å². The van der Waals surface area contributed by atoms with Crippen molar-refractivity contribution in [3.05, 3.63) is 59.4 Å². The third-order valence-corrected chi connectivity index (χ3v) is 4.77. The van der Waals surface area contributed by atoms with E-state index in [1.54, 1.807) is 26.0 Å². The molecule has 2 aromatic carbocycles. The topological polar surface area (TPSA) is 72.2 Å². The van der Waals surface area contributed by atoms with Crippen LogP contribution in [0.2, 0.25) is 0 Å². The molecule has 0 aliphatic carbocycles. The van der Waals surface area contributed by atoms with Gasteiger partial charge in [0.05, 0.1) is 4.90 Å². The number of hydrogen-bond acceptors (Lipinski definition) is 3. The zero-order valence-corrected chi connectivity index (χ0v) is 12.6. The molecule has 112 valence electrons. The number of anilines is 1. The Morgan fingerprint density at radius 1 is 1.14 bits per heavy atom. The van der Waals surface area contributed by atoms with Gasteiger partial charge in [-0.25, -0.2) is 17.5 Å². The molecular formula is C15H17FN2O2S. The Hall–Kier alpha value is -1.92. The first kappa shape index (κ1) is 15.5. The second-order valence-corrected chi connectivity index (χ2v) is 6.63. The Labute approximate surface area is 123 Å². The van der Waals surface area contributed by atoms with Gasteiger partial charge in [0.25, 0.3) is 0 Å². The van der Waals surface area contributed by atoms with Gasteiger partial charge in [0.2, 0.25) is 10.0 Å². The van der Waals surface area contributed by atoms with Crippen LogP contribution in [-0.2, 0) is 10.0 Å². The second kappa shape index (κ2) is 5.83. The van der Waals surface area contributed by atoms with Gasteiger partial charge in [-0.15, -0.1) is 0 Å². The van der Waals surface area contributed by atoms with E-state index in [4.69, 9.17) is 5.73 Å². The summed E-state index contributed by atoms with van der Waals surface area (Å²) in [6, 6.07) is 10.0. The van der Waals surface area contributed by atoms with E-state index in [1.165, 1.54) is 30.3 Å².